The van der Waals surface area contributed by atoms with Crippen LogP contribution in [0.2, 0.25) is 0 Å². The SMILES string of the molecule is Cc1[c-]c(C(C)C)c(C(C)C)nc1.[Y]. The average Bonchev–Trinajstić information content (AvgIpc) is 2.03. The fourth-order valence-corrected chi connectivity index (χ4v) is 1.44. The Morgan fingerprint density at radius 3 is 2.14 bits per heavy atom. The summed E-state index contributed by atoms with van der Waals surface area (Å²) in [6.45, 7) is 10.8. The zero-order valence-electron chi connectivity index (χ0n) is 9.76. The molecule has 75 valence electrons. The maximum atomic E-state index is 4.47. The summed E-state index contributed by atoms with van der Waals surface area (Å²) in [5.41, 5.74) is 3.60. The molecule has 1 aromatic rings. The van der Waals surface area contributed by atoms with Gasteiger partial charge in [-0.3, -0.25) is 0 Å². The molecule has 0 aromatic carbocycles. The molecule has 0 aliphatic heterocycles. The van der Waals surface area contributed by atoms with Crippen molar-refractivity contribution in [1.82, 2.24) is 4.98 Å². The van der Waals surface area contributed by atoms with Crippen molar-refractivity contribution in [3.8, 4) is 0 Å². The molecule has 0 atom stereocenters. The summed E-state index contributed by atoms with van der Waals surface area (Å²) in [7, 11) is 0. The summed E-state index contributed by atoms with van der Waals surface area (Å²) in [6.07, 6.45) is 1.90. The third kappa shape index (κ3) is 3.44. The monoisotopic (exact) mass is 265 g/mol. The molecular weight excluding hydrogens is 247 g/mol. The number of pyridine rings is 1. The number of hydrogen-bond donors (Lipinski definition) is 0. The van der Waals surface area contributed by atoms with Gasteiger partial charge in [0.25, 0.3) is 0 Å². The van der Waals surface area contributed by atoms with Crippen molar-refractivity contribution in [3.63, 3.8) is 0 Å². The van der Waals surface area contributed by atoms with Gasteiger partial charge in [-0.1, -0.05) is 52.4 Å². The fraction of sp³-hybridized carbons (Fsp3) is 0.583. The van der Waals surface area contributed by atoms with Gasteiger partial charge in [0.05, 0.1) is 0 Å². The first-order valence-corrected chi connectivity index (χ1v) is 4.91. The van der Waals surface area contributed by atoms with Gasteiger partial charge in [0.1, 0.15) is 0 Å². The maximum Gasteiger partial charge on any atom is 0 e. The Morgan fingerprint density at radius 1 is 1.14 bits per heavy atom. The van der Waals surface area contributed by atoms with Gasteiger partial charge in [-0.15, -0.1) is 11.1 Å². The zero-order valence-corrected chi connectivity index (χ0v) is 12.6. The molecule has 14 heavy (non-hydrogen) atoms. The quantitative estimate of drug-likeness (QED) is 0.746. The first-order valence-electron chi connectivity index (χ1n) is 4.91. The summed E-state index contributed by atoms with van der Waals surface area (Å²) in [5.74, 6) is 1.01. The van der Waals surface area contributed by atoms with Crippen LogP contribution in [0.15, 0.2) is 6.20 Å². The van der Waals surface area contributed by atoms with E-state index in [9.17, 15) is 0 Å². The summed E-state index contributed by atoms with van der Waals surface area (Å²) in [4.78, 5) is 4.47. The third-order valence-corrected chi connectivity index (χ3v) is 2.13. The van der Waals surface area contributed by atoms with Crippen molar-refractivity contribution in [2.45, 2.75) is 46.5 Å². The van der Waals surface area contributed by atoms with Crippen molar-refractivity contribution in [2.24, 2.45) is 0 Å². The van der Waals surface area contributed by atoms with Crippen LogP contribution >= 0.6 is 0 Å². The Bertz CT molecular complexity index is 292. The van der Waals surface area contributed by atoms with Crippen molar-refractivity contribution in [2.75, 3.05) is 0 Å². The number of rotatable bonds is 2. The molecule has 2 heteroatoms. The molecule has 0 aliphatic carbocycles. The van der Waals surface area contributed by atoms with E-state index in [4.69, 9.17) is 0 Å². The van der Waals surface area contributed by atoms with Gasteiger partial charge in [0.2, 0.25) is 0 Å². The molecule has 0 fully saturated rings. The van der Waals surface area contributed by atoms with Crippen LogP contribution < -0.4 is 0 Å². The molecule has 1 nitrogen and oxygen atoms in total. The Kier molecular flexibility index (Phi) is 6.08. The summed E-state index contributed by atoms with van der Waals surface area (Å²) < 4.78 is 0. The Labute approximate surface area is 113 Å². The standard InChI is InChI=1S/C12H18N.Y/c1-8(2)11-6-10(5)7-13-12(11)9(3)4;/h7-9H,1-5H3;/q-1;. The second-order valence-electron chi connectivity index (χ2n) is 4.17. The topological polar surface area (TPSA) is 12.9 Å². The maximum absolute atomic E-state index is 4.47. The van der Waals surface area contributed by atoms with Gasteiger partial charge in [-0.05, 0) is 5.92 Å². The zero-order chi connectivity index (χ0) is 10.0. The molecule has 0 spiro atoms. The largest absolute Gasteiger partial charge is 0.387 e. The first kappa shape index (κ1) is 14.3. The normalized spacial score (nSPS) is 10.5. The Morgan fingerprint density at radius 2 is 1.71 bits per heavy atom. The van der Waals surface area contributed by atoms with E-state index < -0.39 is 0 Å². The molecule has 1 aromatic heterocycles. The molecule has 0 saturated heterocycles. The Balaban J connectivity index is 0.00000169. The van der Waals surface area contributed by atoms with Crippen LogP contribution in [0.5, 0.6) is 0 Å². The van der Waals surface area contributed by atoms with Crippen molar-refractivity contribution >= 4 is 0 Å². The van der Waals surface area contributed by atoms with E-state index in [0.717, 1.165) is 5.56 Å². The van der Waals surface area contributed by atoms with Gasteiger partial charge in [-0.2, -0.15) is 6.07 Å². The smallest absolute Gasteiger partial charge is 0 e. The second-order valence-corrected chi connectivity index (χ2v) is 4.17. The van der Waals surface area contributed by atoms with E-state index in [1.165, 1.54) is 11.3 Å². The number of aryl methyl sites for hydroxylation is 1. The number of aromatic nitrogens is 1. The van der Waals surface area contributed by atoms with Crippen LogP contribution in [0.1, 0.15) is 56.4 Å². The van der Waals surface area contributed by atoms with E-state index in [0.29, 0.717) is 11.8 Å². The molecule has 1 heterocycles. The van der Waals surface area contributed by atoms with Crippen LogP contribution in [0.3, 0.4) is 0 Å². The number of nitrogens with zero attached hydrogens (tertiary/aromatic N) is 1. The first-order chi connectivity index (χ1) is 6.02. The summed E-state index contributed by atoms with van der Waals surface area (Å²) in [6, 6.07) is 3.39. The van der Waals surface area contributed by atoms with Gasteiger partial charge in [0.15, 0.2) is 0 Å². The van der Waals surface area contributed by atoms with E-state index in [1.807, 2.05) is 13.1 Å². The molecule has 1 radical (unpaired) electrons. The molecule has 0 bridgehead atoms. The van der Waals surface area contributed by atoms with Crippen LogP contribution in [-0.4, -0.2) is 4.98 Å². The van der Waals surface area contributed by atoms with Crippen LogP contribution in [-0.2, 0) is 32.7 Å². The van der Waals surface area contributed by atoms with E-state index in [2.05, 4.69) is 38.7 Å². The van der Waals surface area contributed by atoms with Gasteiger partial charge in [0, 0.05) is 32.7 Å². The average molecular weight is 265 g/mol. The van der Waals surface area contributed by atoms with E-state index in [1.54, 1.807) is 0 Å². The molecule has 0 N–H and O–H groups in total. The van der Waals surface area contributed by atoms with Crippen LogP contribution in [0.25, 0.3) is 0 Å². The van der Waals surface area contributed by atoms with Crippen molar-refractivity contribution < 1.29 is 32.7 Å². The number of hydrogen-bond acceptors (Lipinski definition) is 1. The van der Waals surface area contributed by atoms with Crippen LogP contribution in [0.4, 0.5) is 0 Å². The van der Waals surface area contributed by atoms with E-state index >= 15 is 0 Å². The summed E-state index contributed by atoms with van der Waals surface area (Å²) in [5, 5.41) is 0. The third-order valence-electron chi connectivity index (χ3n) is 2.13. The molecule has 0 saturated carbocycles. The predicted molar refractivity (Wildman–Crippen MR) is 56.0 cm³/mol. The molecule has 1 rings (SSSR count). The minimum absolute atomic E-state index is 0. The van der Waals surface area contributed by atoms with Crippen molar-refractivity contribution in [1.29, 1.82) is 0 Å². The fourth-order valence-electron chi connectivity index (χ4n) is 1.44. The second kappa shape index (κ2) is 5.97. The van der Waals surface area contributed by atoms with Gasteiger partial charge in [-0.25, -0.2) is 0 Å². The Hall–Kier alpha value is 0.254. The van der Waals surface area contributed by atoms with Crippen LogP contribution in [0, 0.1) is 13.0 Å². The molecular formula is C12H18NY-. The van der Waals surface area contributed by atoms with Crippen molar-refractivity contribution in [3.05, 3.63) is 29.1 Å². The minimum Gasteiger partial charge on any atom is -0.387 e. The van der Waals surface area contributed by atoms with E-state index in [-0.39, 0.29) is 32.7 Å². The van der Waals surface area contributed by atoms with Gasteiger partial charge >= 0.3 is 0 Å². The molecule has 0 aliphatic rings. The molecule has 0 unspecified atom stereocenters. The summed E-state index contributed by atoms with van der Waals surface area (Å²) >= 11 is 0. The predicted octanol–water partition coefficient (Wildman–Crippen LogP) is 3.43. The molecule has 0 amide bonds. The van der Waals surface area contributed by atoms with Gasteiger partial charge < -0.3 is 4.98 Å². The minimum atomic E-state index is 0.